The number of carbonyl (C=O) groups is 3. The molecule has 2 amide bonds. The lowest BCUT2D eigenvalue weighted by Crippen LogP contribution is -2.41. The molecule has 0 aliphatic carbocycles. The van der Waals surface area contributed by atoms with E-state index in [9.17, 15) is 14.4 Å². The summed E-state index contributed by atoms with van der Waals surface area (Å²) >= 11 is 0. The molecule has 0 aromatic heterocycles. The van der Waals surface area contributed by atoms with Gasteiger partial charge in [0.25, 0.3) is 0 Å². The van der Waals surface area contributed by atoms with Gasteiger partial charge in [0.05, 0.1) is 6.61 Å². The van der Waals surface area contributed by atoms with Crippen molar-refractivity contribution in [1.29, 1.82) is 0 Å². The van der Waals surface area contributed by atoms with Crippen molar-refractivity contribution in [2.45, 2.75) is 252 Å². The zero-order valence-corrected chi connectivity index (χ0v) is 38.8. The van der Waals surface area contributed by atoms with Crippen LogP contribution in [0.25, 0.3) is 0 Å². The quantitative estimate of drug-likeness (QED) is 0.0487. The fourth-order valence-corrected chi connectivity index (χ4v) is 7.51. The van der Waals surface area contributed by atoms with Gasteiger partial charge in [0.15, 0.2) is 0 Å². The number of rotatable bonds is 44. The monoisotopic (exact) mass is 808 g/mol. The topological polar surface area (TPSA) is 88.2 Å². The SMILES string of the molecule is CCCCCCCCCOC(=O)CCCCCCCN(CCCCN(C)C)C(=O)NCCCCCCCC(=O)OC(CCCCCCCC)CCCCCCCC. The van der Waals surface area contributed by atoms with E-state index < -0.39 is 0 Å². The molecule has 0 saturated heterocycles. The van der Waals surface area contributed by atoms with Crippen LogP contribution in [-0.2, 0) is 19.1 Å². The van der Waals surface area contributed by atoms with Crippen LogP contribution >= 0.6 is 0 Å². The van der Waals surface area contributed by atoms with E-state index >= 15 is 0 Å². The Kier molecular flexibility index (Phi) is 42.3. The van der Waals surface area contributed by atoms with Gasteiger partial charge >= 0.3 is 18.0 Å². The number of amides is 2. The van der Waals surface area contributed by atoms with Crippen molar-refractivity contribution in [2.75, 3.05) is 46.9 Å². The van der Waals surface area contributed by atoms with Gasteiger partial charge in [-0.1, -0.05) is 162 Å². The minimum Gasteiger partial charge on any atom is -0.466 e. The third-order valence-electron chi connectivity index (χ3n) is 11.3. The van der Waals surface area contributed by atoms with E-state index in [1.165, 1.54) is 109 Å². The highest BCUT2D eigenvalue weighted by atomic mass is 16.5. The molecule has 57 heavy (non-hydrogen) atoms. The van der Waals surface area contributed by atoms with Crippen LogP contribution in [-0.4, -0.2) is 80.8 Å². The largest absolute Gasteiger partial charge is 0.466 e. The third kappa shape index (κ3) is 40.7. The zero-order chi connectivity index (χ0) is 41.9. The van der Waals surface area contributed by atoms with Gasteiger partial charge in [-0.05, 0) is 91.3 Å². The average molecular weight is 808 g/mol. The molecule has 0 heterocycles. The number of unbranched alkanes of at least 4 members (excludes halogenated alkanes) is 25. The molecule has 0 radical (unpaired) electrons. The highest BCUT2D eigenvalue weighted by Crippen LogP contribution is 2.18. The van der Waals surface area contributed by atoms with E-state index in [1.54, 1.807) is 0 Å². The maximum atomic E-state index is 13.1. The Morgan fingerprint density at radius 1 is 0.456 bits per heavy atom. The van der Waals surface area contributed by atoms with E-state index in [0.717, 1.165) is 122 Å². The molecule has 0 atom stereocenters. The van der Waals surface area contributed by atoms with Crippen molar-refractivity contribution in [1.82, 2.24) is 15.1 Å². The van der Waals surface area contributed by atoms with Gasteiger partial charge in [0.1, 0.15) is 6.10 Å². The van der Waals surface area contributed by atoms with Crippen LogP contribution in [0.2, 0.25) is 0 Å². The van der Waals surface area contributed by atoms with Crippen LogP contribution in [0, 0.1) is 0 Å². The zero-order valence-electron chi connectivity index (χ0n) is 38.8. The average Bonchev–Trinajstić information content (AvgIpc) is 3.19. The van der Waals surface area contributed by atoms with Crippen LogP contribution < -0.4 is 5.32 Å². The first kappa shape index (κ1) is 55.2. The van der Waals surface area contributed by atoms with Crippen LogP contribution in [0.15, 0.2) is 0 Å². The Labute approximate surface area is 354 Å². The summed E-state index contributed by atoms with van der Waals surface area (Å²) in [5, 5.41) is 3.19. The summed E-state index contributed by atoms with van der Waals surface area (Å²) in [4.78, 5) is 42.2. The van der Waals surface area contributed by atoms with Gasteiger partial charge in [0, 0.05) is 32.5 Å². The van der Waals surface area contributed by atoms with Crippen LogP contribution in [0.5, 0.6) is 0 Å². The summed E-state index contributed by atoms with van der Waals surface area (Å²) < 4.78 is 11.5. The third-order valence-corrected chi connectivity index (χ3v) is 11.3. The number of carbonyl (C=O) groups excluding carboxylic acids is 3. The summed E-state index contributed by atoms with van der Waals surface area (Å²) in [5.41, 5.74) is 0. The molecule has 0 saturated carbocycles. The van der Waals surface area contributed by atoms with Crippen molar-refractivity contribution >= 4 is 18.0 Å². The molecule has 0 bridgehead atoms. The number of ether oxygens (including phenoxy) is 2. The molecule has 0 aromatic carbocycles. The van der Waals surface area contributed by atoms with E-state index in [-0.39, 0.29) is 24.1 Å². The van der Waals surface area contributed by atoms with E-state index in [2.05, 4.69) is 45.1 Å². The molecule has 8 nitrogen and oxygen atoms in total. The Balaban J connectivity index is 4.27. The van der Waals surface area contributed by atoms with Crippen molar-refractivity contribution in [3.8, 4) is 0 Å². The summed E-state index contributed by atoms with van der Waals surface area (Å²) in [6.45, 7) is 10.6. The van der Waals surface area contributed by atoms with Crippen molar-refractivity contribution < 1.29 is 23.9 Å². The summed E-state index contributed by atoms with van der Waals surface area (Å²) in [7, 11) is 4.19. The van der Waals surface area contributed by atoms with Gasteiger partial charge in [-0.25, -0.2) is 4.79 Å². The molecular weight excluding hydrogens is 711 g/mol. The van der Waals surface area contributed by atoms with Crippen molar-refractivity contribution in [2.24, 2.45) is 0 Å². The Hall–Kier alpha value is -1.83. The molecule has 1 N–H and O–H groups in total. The van der Waals surface area contributed by atoms with Gasteiger partial charge in [-0.15, -0.1) is 0 Å². The van der Waals surface area contributed by atoms with Crippen molar-refractivity contribution in [3.63, 3.8) is 0 Å². The molecule has 0 aliphatic rings. The fourth-order valence-electron chi connectivity index (χ4n) is 7.51. The molecule has 0 aliphatic heterocycles. The van der Waals surface area contributed by atoms with Crippen LogP contribution in [0.3, 0.4) is 0 Å². The lowest BCUT2D eigenvalue weighted by Gasteiger charge is -2.23. The predicted molar refractivity (Wildman–Crippen MR) is 243 cm³/mol. The first-order chi connectivity index (χ1) is 27.8. The summed E-state index contributed by atoms with van der Waals surface area (Å²) in [5.74, 6) is -0.0633. The smallest absolute Gasteiger partial charge is 0.317 e. The molecule has 0 spiro atoms. The normalized spacial score (nSPS) is 11.4. The second-order valence-corrected chi connectivity index (χ2v) is 17.3. The second-order valence-electron chi connectivity index (χ2n) is 17.3. The number of urea groups is 1. The first-order valence-electron chi connectivity index (χ1n) is 24.9. The van der Waals surface area contributed by atoms with Gasteiger partial charge in [0.2, 0.25) is 0 Å². The lowest BCUT2D eigenvalue weighted by atomic mass is 10.0. The molecule has 0 rings (SSSR count). The van der Waals surface area contributed by atoms with E-state index in [0.29, 0.717) is 26.0 Å². The highest BCUT2D eigenvalue weighted by molar-refractivity contribution is 5.74. The van der Waals surface area contributed by atoms with E-state index in [1.807, 2.05) is 4.90 Å². The van der Waals surface area contributed by atoms with Crippen LogP contribution in [0.4, 0.5) is 4.79 Å². The standard InChI is InChI=1S/C49H97N3O5/c1-6-9-12-15-18-27-36-45-56-47(53)39-30-24-20-26-33-43-52(44-35-34-42-51(4)5)49(55)50-41-32-25-19-23-31-40-48(54)57-46(37-28-21-16-13-10-7-2)38-29-22-17-14-11-8-3/h46H,6-45H2,1-5H3,(H,50,55). The Morgan fingerprint density at radius 3 is 1.39 bits per heavy atom. The maximum Gasteiger partial charge on any atom is 0.317 e. The highest BCUT2D eigenvalue weighted by Gasteiger charge is 2.15. The minimum atomic E-state index is -0.0531. The molecule has 0 aromatic rings. The number of nitrogens with one attached hydrogen (secondary N) is 1. The van der Waals surface area contributed by atoms with Gasteiger partial charge < -0.3 is 24.6 Å². The molecule has 8 heteroatoms. The summed E-state index contributed by atoms with van der Waals surface area (Å²) in [6.07, 6.45) is 39.2. The number of nitrogens with zero attached hydrogens (tertiary/aromatic N) is 2. The van der Waals surface area contributed by atoms with Crippen LogP contribution in [0.1, 0.15) is 245 Å². The molecule has 0 fully saturated rings. The number of hydrogen-bond donors (Lipinski definition) is 1. The molecular formula is C49H97N3O5. The molecule has 338 valence electrons. The minimum absolute atomic E-state index is 0.0102. The summed E-state index contributed by atoms with van der Waals surface area (Å²) in [6, 6.07) is 0.0581. The Bertz CT molecular complexity index is 869. The predicted octanol–water partition coefficient (Wildman–Crippen LogP) is 13.7. The Morgan fingerprint density at radius 2 is 0.860 bits per heavy atom. The van der Waals surface area contributed by atoms with Crippen molar-refractivity contribution in [3.05, 3.63) is 0 Å². The number of hydrogen-bond acceptors (Lipinski definition) is 6. The lowest BCUT2D eigenvalue weighted by molar-refractivity contribution is -0.150. The first-order valence-corrected chi connectivity index (χ1v) is 24.9. The van der Waals surface area contributed by atoms with E-state index in [4.69, 9.17) is 9.47 Å². The fraction of sp³-hybridized carbons (Fsp3) is 0.939. The number of esters is 2. The maximum absolute atomic E-state index is 13.1. The molecule has 0 unspecified atom stereocenters. The van der Waals surface area contributed by atoms with Gasteiger partial charge in [-0.2, -0.15) is 0 Å². The van der Waals surface area contributed by atoms with Gasteiger partial charge in [-0.3, -0.25) is 9.59 Å². The second kappa shape index (κ2) is 43.7.